The van der Waals surface area contributed by atoms with Crippen molar-refractivity contribution in [3.63, 3.8) is 0 Å². The molecule has 0 aromatic heterocycles. The summed E-state index contributed by atoms with van der Waals surface area (Å²) in [6.45, 7) is 3.70. The smallest absolute Gasteiger partial charge is 0.264 e. The third-order valence-corrected chi connectivity index (χ3v) is 7.50. The third-order valence-electron chi connectivity index (χ3n) is 7.50. The first kappa shape index (κ1) is 25.4. The molecule has 6 rings (SSSR count). The fourth-order valence-corrected chi connectivity index (χ4v) is 5.26. The largest absolute Gasteiger partial charge is 0.497 e. The highest BCUT2D eigenvalue weighted by atomic mass is 16.5. The highest BCUT2D eigenvalue weighted by molar-refractivity contribution is 6.25. The summed E-state index contributed by atoms with van der Waals surface area (Å²) < 4.78 is 5.30. The van der Waals surface area contributed by atoms with E-state index in [0.29, 0.717) is 17.9 Å². The van der Waals surface area contributed by atoms with Gasteiger partial charge in [-0.05, 0) is 49.2 Å². The quantitative estimate of drug-likeness (QED) is 0.443. The number of hydrogen-bond acceptors (Lipinski definition) is 8. The molecule has 40 heavy (non-hydrogen) atoms. The second kappa shape index (κ2) is 10.0. The van der Waals surface area contributed by atoms with E-state index < -0.39 is 23.9 Å². The SMILES string of the molecule is COc1ccc([C@H]2CC(c3ccc(C)cc3)=NN2C(=O)CN2N=N[C@H]3C(=O)N(c4ccc(C)cc4)C(=O)[C@@H]32)cc1. The van der Waals surface area contributed by atoms with Gasteiger partial charge in [-0.2, -0.15) is 10.2 Å². The Labute approximate surface area is 231 Å². The predicted molar refractivity (Wildman–Crippen MR) is 148 cm³/mol. The summed E-state index contributed by atoms with van der Waals surface area (Å²) in [6.07, 6.45) is 0.521. The molecule has 0 bridgehead atoms. The van der Waals surface area contributed by atoms with E-state index in [1.54, 1.807) is 19.2 Å². The van der Waals surface area contributed by atoms with Gasteiger partial charge in [-0.15, -0.1) is 0 Å². The summed E-state index contributed by atoms with van der Waals surface area (Å²) in [5, 5.41) is 15.6. The molecule has 202 valence electrons. The van der Waals surface area contributed by atoms with Gasteiger partial charge in [-0.25, -0.2) is 9.91 Å². The van der Waals surface area contributed by atoms with Crippen molar-refractivity contribution in [1.29, 1.82) is 0 Å². The van der Waals surface area contributed by atoms with Gasteiger partial charge in [0.2, 0.25) is 0 Å². The van der Waals surface area contributed by atoms with Crippen LogP contribution < -0.4 is 9.64 Å². The zero-order chi connectivity index (χ0) is 28.0. The van der Waals surface area contributed by atoms with Crippen molar-refractivity contribution >= 4 is 29.1 Å². The zero-order valence-corrected chi connectivity index (χ0v) is 22.4. The lowest BCUT2D eigenvalue weighted by Gasteiger charge is -2.25. The molecule has 3 heterocycles. The average Bonchev–Trinajstić information content (AvgIpc) is 3.65. The molecule has 3 aliphatic rings. The number of ether oxygens (including phenoxy) is 1. The van der Waals surface area contributed by atoms with Crippen molar-refractivity contribution in [1.82, 2.24) is 10.0 Å². The van der Waals surface area contributed by atoms with Crippen molar-refractivity contribution in [3.05, 3.63) is 95.1 Å². The Morgan fingerprint density at radius 3 is 2.20 bits per heavy atom. The minimum Gasteiger partial charge on any atom is -0.497 e. The van der Waals surface area contributed by atoms with E-state index in [9.17, 15) is 14.4 Å². The number of carbonyl (C=O) groups excluding carboxylic acids is 3. The monoisotopic (exact) mass is 536 g/mol. The molecular weight excluding hydrogens is 508 g/mol. The molecule has 0 unspecified atom stereocenters. The Morgan fingerprint density at radius 1 is 0.900 bits per heavy atom. The number of nitrogens with zero attached hydrogens (tertiary/aromatic N) is 6. The molecule has 3 aliphatic heterocycles. The maximum absolute atomic E-state index is 13.7. The van der Waals surface area contributed by atoms with Gasteiger partial charge < -0.3 is 4.74 Å². The third kappa shape index (κ3) is 4.41. The molecule has 0 saturated carbocycles. The molecule has 10 heteroatoms. The first-order chi connectivity index (χ1) is 19.3. The number of amides is 3. The summed E-state index contributed by atoms with van der Waals surface area (Å²) in [5.41, 5.74) is 5.24. The Morgan fingerprint density at radius 2 is 1.55 bits per heavy atom. The van der Waals surface area contributed by atoms with Gasteiger partial charge in [0, 0.05) is 6.42 Å². The number of benzene rings is 3. The second-order valence-electron chi connectivity index (χ2n) is 10.2. The Kier molecular flexibility index (Phi) is 6.37. The van der Waals surface area contributed by atoms with Crippen LogP contribution in [0.5, 0.6) is 5.75 Å². The number of fused-ring (bicyclic) bond motifs is 1. The maximum atomic E-state index is 13.7. The van der Waals surface area contributed by atoms with Gasteiger partial charge in [0.25, 0.3) is 17.7 Å². The number of anilines is 1. The molecule has 3 amide bonds. The molecule has 1 saturated heterocycles. The molecule has 3 aromatic carbocycles. The van der Waals surface area contributed by atoms with Crippen LogP contribution in [0.3, 0.4) is 0 Å². The summed E-state index contributed by atoms with van der Waals surface area (Å²) in [6, 6.07) is 20.4. The van der Waals surface area contributed by atoms with Crippen LogP contribution in [0.1, 0.15) is 34.7 Å². The van der Waals surface area contributed by atoms with Crippen LogP contribution in [0.4, 0.5) is 5.69 Å². The minimum absolute atomic E-state index is 0.247. The van der Waals surface area contributed by atoms with Crippen LogP contribution >= 0.6 is 0 Å². The number of hydrogen-bond donors (Lipinski definition) is 0. The summed E-state index contributed by atoms with van der Waals surface area (Å²) in [5.74, 6) is -0.537. The number of imide groups is 1. The van der Waals surface area contributed by atoms with Gasteiger partial charge >= 0.3 is 0 Å². The molecular formula is C30H28N6O4. The minimum atomic E-state index is -0.982. The van der Waals surface area contributed by atoms with E-state index >= 15 is 0 Å². The molecule has 10 nitrogen and oxygen atoms in total. The standard InChI is InChI=1S/C30H28N6O4/c1-18-4-8-20(9-5-18)24-16-25(21-10-14-23(40-3)15-11-21)36(32-24)26(37)17-34-28-27(31-33-34)29(38)35(30(28)39)22-12-6-19(2)7-13-22/h4-15,25,27-28H,16-17H2,1-3H3/t25-,27-,28-/m1/s1. The fraction of sp³-hybridized carbons (Fsp3) is 0.267. The van der Waals surface area contributed by atoms with Crippen molar-refractivity contribution in [2.75, 3.05) is 18.6 Å². The van der Waals surface area contributed by atoms with Gasteiger partial charge in [0.1, 0.15) is 12.3 Å². The van der Waals surface area contributed by atoms with Crippen LogP contribution in [0, 0.1) is 13.8 Å². The van der Waals surface area contributed by atoms with Crippen molar-refractivity contribution in [3.8, 4) is 5.75 Å². The second-order valence-corrected chi connectivity index (χ2v) is 10.2. The van der Waals surface area contributed by atoms with Crippen molar-refractivity contribution in [2.45, 2.75) is 38.4 Å². The Hall–Kier alpha value is -4.86. The van der Waals surface area contributed by atoms with Gasteiger partial charge in [0.05, 0.1) is 24.6 Å². The topological polar surface area (TPSA) is 107 Å². The molecule has 0 N–H and O–H groups in total. The van der Waals surface area contributed by atoms with E-state index in [1.165, 1.54) is 10.0 Å². The first-order valence-corrected chi connectivity index (χ1v) is 13.1. The number of hydrazone groups is 1. The van der Waals surface area contributed by atoms with Crippen LogP contribution in [0.2, 0.25) is 0 Å². The number of rotatable bonds is 6. The summed E-state index contributed by atoms with van der Waals surface area (Å²) in [7, 11) is 1.60. The highest BCUT2D eigenvalue weighted by Crippen LogP contribution is 2.36. The van der Waals surface area contributed by atoms with Gasteiger partial charge in [0.15, 0.2) is 12.1 Å². The molecule has 3 aromatic rings. The van der Waals surface area contributed by atoms with E-state index in [1.807, 2.05) is 74.5 Å². The number of methoxy groups -OCH3 is 1. The lowest BCUT2D eigenvalue weighted by molar-refractivity contribution is -0.135. The molecule has 0 radical (unpaired) electrons. The van der Waals surface area contributed by atoms with Crippen LogP contribution in [0.25, 0.3) is 0 Å². The van der Waals surface area contributed by atoms with E-state index in [2.05, 4.69) is 10.3 Å². The number of aryl methyl sites for hydroxylation is 2. The van der Waals surface area contributed by atoms with E-state index in [4.69, 9.17) is 9.84 Å². The first-order valence-electron chi connectivity index (χ1n) is 13.1. The molecule has 0 spiro atoms. The van der Waals surface area contributed by atoms with E-state index in [-0.39, 0.29) is 18.5 Å². The predicted octanol–water partition coefficient (Wildman–Crippen LogP) is 3.98. The lowest BCUT2D eigenvalue weighted by Crippen LogP contribution is -2.44. The summed E-state index contributed by atoms with van der Waals surface area (Å²) >= 11 is 0. The van der Waals surface area contributed by atoms with Crippen molar-refractivity contribution in [2.24, 2.45) is 15.4 Å². The van der Waals surface area contributed by atoms with Crippen LogP contribution in [0.15, 0.2) is 88.2 Å². The molecule has 1 fully saturated rings. The average molecular weight is 537 g/mol. The maximum Gasteiger partial charge on any atom is 0.264 e. The van der Waals surface area contributed by atoms with E-state index in [0.717, 1.165) is 32.9 Å². The summed E-state index contributed by atoms with van der Waals surface area (Å²) in [4.78, 5) is 41.3. The van der Waals surface area contributed by atoms with Gasteiger partial charge in [-0.3, -0.25) is 19.4 Å². The Bertz CT molecular complexity index is 1530. The Balaban J connectivity index is 1.26. The highest BCUT2D eigenvalue weighted by Gasteiger charge is 2.55. The molecule has 0 aliphatic carbocycles. The number of carbonyl (C=O) groups is 3. The van der Waals surface area contributed by atoms with Crippen LogP contribution in [-0.4, -0.2) is 59.2 Å². The lowest BCUT2D eigenvalue weighted by atomic mass is 9.98. The van der Waals surface area contributed by atoms with Crippen molar-refractivity contribution < 1.29 is 19.1 Å². The zero-order valence-electron chi connectivity index (χ0n) is 22.4. The molecule has 3 atom stereocenters. The van der Waals surface area contributed by atoms with Crippen LogP contribution in [-0.2, 0) is 14.4 Å². The van der Waals surface area contributed by atoms with Gasteiger partial charge in [-0.1, -0.05) is 64.9 Å². The normalized spacial score (nSPS) is 21.7. The fourth-order valence-electron chi connectivity index (χ4n) is 5.26.